The fourth-order valence-electron chi connectivity index (χ4n) is 1.02. The largest absolute Gasteiger partial charge is 0.508 e. The molecule has 0 saturated carbocycles. The van der Waals surface area contributed by atoms with Gasteiger partial charge in [0.2, 0.25) is 0 Å². The minimum absolute atomic E-state index is 0.0842. The number of aromatic hydroxyl groups is 2. The van der Waals surface area contributed by atoms with Gasteiger partial charge in [-0.05, 0) is 18.2 Å². The molecule has 5 nitrogen and oxygen atoms in total. The molecule has 0 amide bonds. The van der Waals surface area contributed by atoms with Crippen molar-refractivity contribution in [2.24, 2.45) is 0 Å². The second-order valence-corrected chi connectivity index (χ2v) is 2.76. The zero-order valence-corrected chi connectivity index (χ0v) is 7.12. The van der Waals surface area contributed by atoms with Crippen LogP contribution >= 0.6 is 0 Å². The normalized spacial score (nSPS) is 14.4. The van der Waals surface area contributed by atoms with Crippen molar-refractivity contribution < 1.29 is 20.4 Å². The molecule has 0 saturated heterocycles. The number of aliphatic hydroxyl groups excluding tert-OH is 2. The van der Waals surface area contributed by atoms with Crippen molar-refractivity contribution in [2.75, 3.05) is 0 Å². The Kier molecular flexibility index (Phi) is 2.92. The summed E-state index contributed by atoms with van der Waals surface area (Å²) in [5, 5.41) is 45.0. The van der Waals surface area contributed by atoms with E-state index in [1.807, 2.05) is 0 Å². The lowest BCUT2D eigenvalue weighted by Gasteiger charge is -2.13. The maximum Gasteiger partial charge on any atom is 0.170 e. The van der Waals surface area contributed by atoms with Crippen LogP contribution in [-0.2, 0) is 0 Å². The average Bonchev–Trinajstić information content (AvgIpc) is 2.19. The van der Waals surface area contributed by atoms with Gasteiger partial charge in [-0.3, -0.25) is 0 Å². The standard InChI is InChI=1S/C9H9NO4/c10-4-8(13)9(14)6-3-5(11)1-2-7(6)12/h1-3,8-9,11-14H. The molecule has 0 heterocycles. The smallest absolute Gasteiger partial charge is 0.170 e. The maximum atomic E-state index is 9.35. The van der Waals surface area contributed by atoms with Gasteiger partial charge in [0, 0.05) is 5.56 Å². The monoisotopic (exact) mass is 195 g/mol. The fraction of sp³-hybridized carbons (Fsp3) is 0.222. The highest BCUT2D eigenvalue weighted by atomic mass is 16.3. The Bertz CT molecular complexity index is 372. The first kappa shape index (κ1) is 10.3. The van der Waals surface area contributed by atoms with Gasteiger partial charge in [-0.25, -0.2) is 0 Å². The number of aliphatic hydroxyl groups is 2. The van der Waals surface area contributed by atoms with Gasteiger partial charge in [0.1, 0.15) is 17.6 Å². The van der Waals surface area contributed by atoms with Gasteiger partial charge >= 0.3 is 0 Å². The van der Waals surface area contributed by atoms with Gasteiger partial charge in [0.25, 0.3) is 0 Å². The summed E-state index contributed by atoms with van der Waals surface area (Å²) >= 11 is 0. The molecule has 1 rings (SSSR count). The summed E-state index contributed by atoms with van der Waals surface area (Å²) in [5.74, 6) is -0.452. The lowest BCUT2D eigenvalue weighted by atomic mass is 10.0. The molecule has 1 aromatic carbocycles. The Labute approximate surface area is 80.1 Å². The van der Waals surface area contributed by atoms with Crippen LogP contribution in [0.2, 0.25) is 0 Å². The molecule has 0 spiro atoms. The van der Waals surface area contributed by atoms with Crippen molar-refractivity contribution in [1.29, 1.82) is 5.26 Å². The molecule has 5 heteroatoms. The van der Waals surface area contributed by atoms with Gasteiger partial charge in [-0.2, -0.15) is 5.26 Å². The third-order valence-electron chi connectivity index (χ3n) is 1.76. The average molecular weight is 195 g/mol. The SMILES string of the molecule is N#CC(O)C(O)c1cc(O)ccc1O. The summed E-state index contributed by atoms with van der Waals surface area (Å²) in [5.41, 5.74) is -0.0842. The van der Waals surface area contributed by atoms with Crippen molar-refractivity contribution in [3.05, 3.63) is 23.8 Å². The number of phenols is 2. The number of benzene rings is 1. The van der Waals surface area contributed by atoms with Crippen LogP contribution in [0.1, 0.15) is 11.7 Å². The zero-order chi connectivity index (χ0) is 10.7. The van der Waals surface area contributed by atoms with Gasteiger partial charge in [0.05, 0.1) is 6.07 Å². The first-order valence-corrected chi connectivity index (χ1v) is 3.84. The highest BCUT2D eigenvalue weighted by Crippen LogP contribution is 2.29. The van der Waals surface area contributed by atoms with Crippen LogP contribution in [-0.4, -0.2) is 26.5 Å². The summed E-state index contributed by atoms with van der Waals surface area (Å²) in [6.07, 6.45) is -3.17. The third-order valence-corrected chi connectivity index (χ3v) is 1.76. The second-order valence-electron chi connectivity index (χ2n) is 2.76. The number of nitriles is 1. The van der Waals surface area contributed by atoms with Crippen LogP contribution < -0.4 is 0 Å². The van der Waals surface area contributed by atoms with Crippen LogP contribution in [0.5, 0.6) is 11.5 Å². The molecule has 4 N–H and O–H groups in total. The molecule has 0 fully saturated rings. The summed E-state index contributed by atoms with van der Waals surface area (Å²) in [6.45, 7) is 0. The molecule has 0 aromatic heterocycles. The minimum atomic E-state index is -1.64. The molecular formula is C9H9NO4. The van der Waals surface area contributed by atoms with E-state index in [9.17, 15) is 10.2 Å². The molecule has 0 aliphatic rings. The van der Waals surface area contributed by atoms with Gasteiger partial charge in [-0.1, -0.05) is 0 Å². The van der Waals surface area contributed by atoms with Crippen molar-refractivity contribution >= 4 is 0 Å². The number of hydrogen-bond donors (Lipinski definition) is 4. The summed E-state index contributed by atoms with van der Waals surface area (Å²) in [6, 6.07) is 4.90. The van der Waals surface area contributed by atoms with E-state index in [-0.39, 0.29) is 17.1 Å². The van der Waals surface area contributed by atoms with E-state index < -0.39 is 12.2 Å². The lowest BCUT2D eigenvalue weighted by molar-refractivity contribution is 0.0510. The summed E-state index contributed by atoms with van der Waals surface area (Å²) in [7, 11) is 0. The van der Waals surface area contributed by atoms with Crippen LogP contribution in [0.3, 0.4) is 0 Å². The number of hydrogen-bond acceptors (Lipinski definition) is 5. The van der Waals surface area contributed by atoms with Crippen molar-refractivity contribution in [1.82, 2.24) is 0 Å². The van der Waals surface area contributed by atoms with E-state index in [1.165, 1.54) is 12.1 Å². The molecule has 0 aliphatic heterocycles. The van der Waals surface area contributed by atoms with E-state index in [1.54, 1.807) is 0 Å². The maximum absolute atomic E-state index is 9.35. The molecule has 14 heavy (non-hydrogen) atoms. The molecule has 2 unspecified atom stereocenters. The highest BCUT2D eigenvalue weighted by Gasteiger charge is 2.21. The van der Waals surface area contributed by atoms with Crippen LogP contribution in [0, 0.1) is 11.3 Å². The van der Waals surface area contributed by atoms with E-state index in [0.717, 1.165) is 12.1 Å². The molecule has 0 aliphatic carbocycles. The predicted molar refractivity (Wildman–Crippen MR) is 46.4 cm³/mol. The fourth-order valence-corrected chi connectivity index (χ4v) is 1.02. The number of phenolic OH excluding ortho intramolecular Hbond substituents is 2. The topological polar surface area (TPSA) is 105 Å². The predicted octanol–water partition coefficient (Wildman–Crippen LogP) is 0.0157. The highest BCUT2D eigenvalue weighted by molar-refractivity contribution is 5.40. The molecule has 1 aromatic rings. The summed E-state index contributed by atoms with van der Waals surface area (Å²) in [4.78, 5) is 0. The zero-order valence-electron chi connectivity index (χ0n) is 7.12. The Morgan fingerprint density at radius 3 is 2.43 bits per heavy atom. The van der Waals surface area contributed by atoms with Gasteiger partial charge < -0.3 is 20.4 Å². The Balaban J connectivity index is 3.07. The molecule has 0 bridgehead atoms. The van der Waals surface area contributed by atoms with Gasteiger partial charge in [0.15, 0.2) is 6.10 Å². The number of nitrogens with zero attached hydrogens (tertiary/aromatic N) is 1. The van der Waals surface area contributed by atoms with Crippen molar-refractivity contribution in [3.63, 3.8) is 0 Å². The minimum Gasteiger partial charge on any atom is -0.508 e. The Morgan fingerprint density at radius 1 is 1.21 bits per heavy atom. The second kappa shape index (κ2) is 3.96. The van der Waals surface area contributed by atoms with Gasteiger partial charge in [-0.15, -0.1) is 0 Å². The molecular weight excluding hydrogens is 186 g/mol. The quantitative estimate of drug-likeness (QED) is 0.393. The molecule has 0 radical (unpaired) electrons. The van der Waals surface area contributed by atoms with Crippen molar-refractivity contribution in [3.8, 4) is 17.6 Å². The van der Waals surface area contributed by atoms with E-state index >= 15 is 0 Å². The lowest BCUT2D eigenvalue weighted by Crippen LogP contribution is -2.15. The Morgan fingerprint density at radius 2 is 1.86 bits per heavy atom. The number of rotatable bonds is 2. The van der Waals surface area contributed by atoms with Crippen LogP contribution in [0.4, 0.5) is 0 Å². The van der Waals surface area contributed by atoms with Crippen LogP contribution in [0.15, 0.2) is 18.2 Å². The van der Waals surface area contributed by atoms with E-state index in [4.69, 9.17) is 15.5 Å². The van der Waals surface area contributed by atoms with Crippen molar-refractivity contribution in [2.45, 2.75) is 12.2 Å². The summed E-state index contributed by atoms with van der Waals surface area (Å²) < 4.78 is 0. The molecule has 2 atom stereocenters. The molecule has 74 valence electrons. The van der Waals surface area contributed by atoms with Crippen LogP contribution in [0.25, 0.3) is 0 Å². The Hall–Kier alpha value is -1.77. The third kappa shape index (κ3) is 1.93. The van der Waals surface area contributed by atoms with E-state index in [2.05, 4.69) is 0 Å². The first-order chi connectivity index (χ1) is 6.56. The first-order valence-electron chi connectivity index (χ1n) is 3.84. The van der Waals surface area contributed by atoms with E-state index in [0.29, 0.717) is 0 Å².